The van der Waals surface area contributed by atoms with E-state index in [4.69, 9.17) is 4.52 Å². The monoisotopic (exact) mass is 310 g/mol. The maximum atomic E-state index is 5.32. The van der Waals surface area contributed by atoms with Crippen LogP contribution in [0.5, 0.6) is 0 Å². The van der Waals surface area contributed by atoms with E-state index in [-0.39, 0.29) is 0 Å². The number of hydrogen-bond acceptors (Lipinski definition) is 6. The lowest BCUT2D eigenvalue weighted by Crippen LogP contribution is -2.31. The molecule has 1 atom stereocenters. The third-order valence-electron chi connectivity index (χ3n) is 4.08. The van der Waals surface area contributed by atoms with Gasteiger partial charge in [-0.3, -0.25) is 0 Å². The first kappa shape index (κ1) is 14.1. The molecule has 0 spiro atoms. The number of hydrogen-bond donors (Lipinski definition) is 1. The highest BCUT2D eigenvalue weighted by Gasteiger charge is 2.19. The van der Waals surface area contributed by atoms with E-state index in [9.17, 15) is 0 Å². The molecule has 0 radical (unpaired) electrons. The molecule has 1 saturated heterocycles. The molecule has 1 aliphatic heterocycles. The average Bonchev–Trinajstić information content (AvgIpc) is 3.26. The molecular weight excluding hydrogens is 292 g/mol. The summed E-state index contributed by atoms with van der Waals surface area (Å²) in [6, 6.07) is 8.33. The van der Waals surface area contributed by atoms with Crippen molar-refractivity contribution in [2.24, 2.45) is 0 Å². The number of nitrogens with one attached hydrogen (secondary N) is 1. The fourth-order valence-electron chi connectivity index (χ4n) is 2.74. The van der Waals surface area contributed by atoms with Gasteiger partial charge in [0.2, 0.25) is 11.6 Å². The van der Waals surface area contributed by atoms with Crippen LogP contribution >= 0.6 is 0 Å². The molecule has 23 heavy (non-hydrogen) atoms. The maximum absolute atomic E-state index is 5.32. The Balaban J connectivity index is 1.57. The topological polar surface area (TPSA) is 81.7 Å². The second-order valence-electron chi connectivity index (χ2n) is 5.84. The number of nitrogens with zero attached hydrogens (tertiary/aromatic N) is 5. The quantitative estimate of drug-likeness (QED) is 0.799. The highest BCUT2D eigenvalue weighted by molar-refractivity contribution is 5.56. The Hall–Kier alpha value is -2.54. The lowest BCUT2D eigenvalue weighted by Gasteiger charge is -2.22. The first-order valence-electron chi connectivity index (χ1n) is 7.82. The van der Waals surface area contributed by atoms with Crippen molar-refractivity contribution in [3.63, 3.8) is 0 Å². The van der Waals surface area contributed by atoms with Crippen molar-refractivity contribution >= 4 is 0 Å². The first-order chi connectivity index (χ1) is 11.3. The Bertz CT molecular complexity index is 785. The number of benzene rings is 1. The van der Waals surface area contributed by atoms with Crippen molar-refractivity contribution in [3.05, 3.63) is 36.2 Å². The van der Waals surface area contributed by atoms with Gasteiger partial charge in [-0.25, -0.2) is 9.67 Å². The Morgan fingerprint density at radius 2 is 2.09 bits per heavy atom. The maximum Gasteiger partial charge on any atom is 0.297 e. The normalized spacial score (nSPS) is 18.2. The van der Waals surface area contributed by atoms with Gasteiger partial charge >= 0.3 is 0 Å². The van der Waals surface area contributed by atoms with Crippen molar-refractivity contribution in [1.29, 1.82) is 0 Å². The lowest BCUT2D eigenvalue weighted by atomic mass is 10.1. The fourth-order valence-corrected chi connectivity index (χ4v) is 2.74. The average molecular weight is 310 g/mol. The SMILES string of the molecule is Cc1ccc(-c2noc(-c3ncn(C4CCCNC4)n3)n2)cc1. The molecule has 1 unspecified atom stereocenters. The van der Waals surface area contributed by atoms with Gasteiger partial charge in [0.05, 0.1) is 6.04 Å². The van der Waals surface area contributed by atoms with Gasteiger partial charge in [0.15, 0.2) is 0 Å². The molecular formula is C16H18N6O. The van der Waals surface area contributed by atoms with Crippen molar-refractivity contribution in [1.82, 2.24) is 30.2 Å². The summed E-state index contributed by atoms with van der Waals surface area (Å²) in [7, 11) is 0. The molecule has 1 aromatic carbocycles. The largest absolute Gasteiger partial charge is 0.330 e. The van der Waals surface area contributed by atoms with Crippen LogP contribution in [0, 0.1) is 6.92 Å². The zero-order valence-corrected chi connectivity index (χ0v) is 12.9. The minimum absolute atomic E-state index is 0.337. The molecule has 0 saturated carbocycles. The van der Waals surface area contributed by atoms with Gasteiger partial charge < -0.3 is 9.84 Å². The summed E-state index contributed by atoms with van der Waals surface area (Å²) in [5.74, 6) is 1.38. The predicted molar refractivity (Wildman–Crippen MR) is 84.6 cm³/mol. The third-order valence-corrected chi connectivity index (χ3v) is 4.08. The summed E-state index contributed by atoms with van der Waals surface area (Å²) in [5.41, 5.74) is 2.11. The summed E-state index contributed by atoms with van der Waals surface area (Å²) in [6.45, 7) is 4.03. The number of aryl methyl sites for hydroxylation is 1. The zero-order chi connectivity index (χ0) is 15.6. The van der Waals surface area contributed by atoms with Gasteiger partial charge in [0, 0.05) is 12.1 Å². The number of aromatic nitrogens is 5. The molecule has 4 rings (SSSR count). The van der Waals surface area contributed by atoms with Crippen LogP contribution < -0.4 is 5.32 Å². The Labute approximate surface area is 133 Å². The summed E-state index contributed by atoms with van der Waals surface area (Å²) in [6.07, 6.45) is 4.00. The van der Waals surface area contributed by atoms with Crippen molar-refractivity contribution in [3.8, 4) is 23.1 Å². The van der Waals surface area contributed by atoms with Crippen LogP contribution in [0.1, 0.15) is 24.4 Å². The Morgan fingerprint density at radius 3 is 2.87 bits per heavy atom. The minimum Gasteiger partial charge on any atom is -0.330 e. The number of rotatable bonds is 3. The summed E-state index contributed by atoms with van der Waals surface area (Å²) < 4.78 is 7.21. The molecule has 2 aromatic heterocycles. The van der Waals surface area contributed by atoms with Crippen LogP contribution in [0.2, 0.25) is 0 Å². The summed E-state index contributed by atoms with van der Waals surface area (Å²) in [5, 5.41) is 11.9. The molecule has 3 heterocycles. The van der Waals surface area contributed by atoms with E-state index in [1.165, 1.54) is 5.56 Å². The van der Waals surface area contributed by atoms with E-state index in [0.29, 0.717) is 23.6 Å². The Morgan fingerprint density at radius 1 is 1.22 bits per heavy atom. The zero-order valence-electron chi connectivity index (χ0n) is 12.9. The molecule has 1 aliphatic rings. The summed E-state index contributed by atoms with van der Waals surface area (Å²) in [4.78, 5) is 8.72. The molecule has 7 nitrogen and oxygen atoms in total. The first-order valence-corrected chi connectivity index (χ1v) is 7.82. The Kier molecular flexibility index (Phi) is 3.63. The second kappa shape index (κ2) is 5.92. The van der Waals surface area contributed by atoms with E-state index in [0.717, 1.165) is 31.5 Å². The standard InChI is InChI=1S/C16H18N6O/c1-11-4-6-12(7-5-11)14-19-16(23-21-14)15-18-10-22(20-15)13-3-2-8-17-9-13/h4-7,10,13,17H,2-3,8-9H2,1H3. The van der Waals surface area contributed by atoms with Crippen LogP contribution in [0.3, 0.4) is 0 Å². The van der Waals surface area contributed by atoms with Crippen LogP contribution in [0.4, 0.5) is 0 Å². The van der Waals surface area contributed by atoms with E-state index in [2.05, 4.69) is 25.5 Å². The highest BCUT2D eigenvalue weighted by Crippen LogP contribution is 2.21. The minimum atomic E-state index is 0.337. The van der Waals surface area contributed by atoms with Gasteiger partial charge in [0.25, 0.3) is 5.89 Å². The van der Waals surface area contributed by atoms with Crippen molar-refractivity contribution < 1.29 is 4.52 Å². The molecule has 0 bridgehead atoms. The fraction of sp³-hybridized carbons (Fsp3) is 0.375. The molecule has 118 valence electrons. The van der Waals surface area contributed by atoms with Crippen LogP contribution in [0.25, 0.3) is 23.1 Å². The molecule has 0 aliphatic carbocycles. The van der Waals surface area contributed by atoms with Gasteiger partial charge in [-0.15, -0.1) is 5.10 Å². The third kappa shape index (κ3) is 2.87. The van der Waals surface area contributed by atoms with Crippen molar-refractivity contribution in [2.75, 3.05) is 13.1 Å². The van der Waals surface area contributed by atoms with E-state index < -0.39 is 0 Å². The van der Waals surface area contributed by atoms with E-state index in [1.54, 1.807) is 6.33 Å². The van der Waals surface area contributed by atoms with Crippen LogP contribution in [0.15, 0.2) is 35.1 Å². The van der Waals surface area contributed by atoms with E-state index >= 15 is 0 Å². The van der Waals surface area contributed by atoms with Gasteiger partial charge in [-0.1, -0.05) is 35.0 Å². The molecule has 1 fully saturated rings. The van der Waals surface area contributed by atoms with Crippen molar-refractivity contribution in [2.45, 2.75) is 25.8 Å². The van der Waals surface area contributed by atoms with Gasteiger partial charge in [0.1, 0.15) is 6.33 Å². The lowest BCUT2D eigenvalue weighted by molar-refractivity contribution is 0.345. The smallest absolute Gasteiger partial charge is 0.297 e. The molecule has 3 aromatic rings. The van der Waals surface area contributed by atoms with Crippen LogP contribution in [-0.2, 0) is 0 Å². The molecule has 7 heteroatoms. The summed E-state index contributed by atoms with van der Waals surface area (Å²) >= 11 is 0. The molecule has 1 N–H and O–H groups in total. The van der Waals surface area contributed by atoms with Gasteiger partial charge in [-0.05, 0) is 26.3 Å². The van der Waals surface area contributed by atoms with E-state index in [1.807, 2.05) is 35.9 Å². The molecule has 0 amide bonds. The predicted octanol–water partition coefficient (Wildman–Crippen LogP) is 2.23. The van der Waals surface area contributed by atoms with Gasteiger partial charge in [-0.2, -0.15) is 4.98 Å². The van der Waals surface area contributed by atoms with Crippen LogP contribution in [-0.4, -0.2) is 38.0 Å². The highest BCUT2D eigenvalue weighted by atomic mass is 16.5. The second-order valence-corrected chi connectivity index (χ2v) is 5.84. The number of piperidine rings is 1.